The Morgan fingerprint density at radius 3 is 2.63 bits per heavy atom. The van der Waals surface area contributed by atoms with Gasteiger partial charge in [0.05, 0.1) is 11.5 Å². The van der Waals surface area contributed by atoms with Gasteiger partial charge in [-0.1, -0.05) is 12.1 Å². The van der Waals surface area contributed by atoms with Crippen LogP contribution in [0.2, 0.25) is 0 Å². The van der Waals surface area contributed by atoms with Crippen LogP contribution in [0.3, 0.4) is 0 Å². The summed E-state index contributed by atoms with van der Waals surface area (Å²) < 4.78 is 32.2. The largest absolute Gasteiger partial charge is 0.383 e. The molecule has 1 unspecified atom stereocenters. The van der Waals surface area contributed by atoms with Gasteiger partial charge in [-0.2, -0.15) is 0 Å². The summed E-state index contributed by atoms with van der Waals surface area (Å²) in [5, 5.41) is 3.03. The van der Waals surface area contributed by atoms with Gasteiger partial charge in [-0.25, -0.2) is 13.1 Å². The van der Waals surface area contributed by atoms with Crippen LogP contribution in [0.1, 0.15) is 18.1 Å². The molecule has 0 amide bonds. The first-order valence-electron chi connectivity index (χ1n) is 6.16. The Bertz CT molecular complexity index is 515. The number of hydrogen-bond donors (Lipinski definition) is 2. The number of methoxy groups -OCH3 is 1. The zero-order valence-electron chi connectivity index (χ0n) is 11.9. The van der Waals surface area contributed by atoms with E-state index in [0.717, 1.165) is 11.1 Å². The first-order valence-corrected chi connectivity index (χ1v) is 7.65. The quantitative estimate of drug-likeness (QED) is 0.785. The van der Waals surface area contributed by atoms with E-state index in [1.165, 1.54) is 0 Å². The van der Waals surface area contributed by atoms with Gasteiger partial charge in [0.2, 0.25) is 10.0 Å². The fourth-order valence-corrected chi connectivity index (χ4v) is 3.46. The van der Waals surface area contributed by atoms with Crippen LogP contribution >= 0.6 is 0 Å². The second kappa shape index (κ2) is 7.00. The van der Waals surface area contributed by atoms with Gasteiger partial charge in [0.15, 0.2) is 0 Å². The Kier molecular flexibility index (Phi) is 5.93. The van der Waals surface area contributed by atoms with Crippen LogP contribution in [0.4, 0.5) is 0 Å². The number of benzene rings is 1. The average Bonchev–Trinajstić information content (AvgIpc) is 2.31. The Balaban J connectivity index is 3.04. The van der Waals surface area contributed by atoms with Crippen molar-refractivity contribution < 1.29 is 13.2 Å². The van der Waals surface area contributed by atoms with Crippen molar-refractivity contribution in [1.82, 2.24) is 10.0 Å². The molecule has 5 nitrogen and oxygen atoms in total. The number of ether oxygens (including phenoxy) is 1. The molecular weight excluding hydrogens is 264 g/mol. The number of sulfonamides is 1. The summed E-state index contributed by atoms with van der Waals surface area (Å²) in [4.78, 5) is 0.322. The first kappa shape index (κ1) is 16.1. The minimum Gasteiger partial charge on any atom is -0.383 e. The molecule has 1 aromatic carbocycles. The maximum absolute atomic E-state index is 12.3. The first-order chi connectivity index (χ1) is 8.92. The predicted molar refractivity (Wildman–Crippen MR) is 75.6 cm³/mol. The van der Waals surface area contributed by atoms with Crippen molar-refractivity contribution in [3.05, 3.63) is 29.3 Å². The minimum absolute atomic E-state index is 0.262. The van der Waals surface area contributed by atoms with Crippen LogP contribution in [0.5, 0.6) is 0 Å². The summed E-state index contributed by atoms with van der Waals surface area (Å²) in [7, 11) is -0.133. The fourth-order valence-electron chi connectivity index (χ4n) is 1.95. The van der Waals surface area contributed by atoms with Crippen LogP contribution in [0, 0.1) is 6.92 Å². The van der Waals surface area contributed by atoms with E-state index in [0.29, 0.717) is 18.0 Å². The Labute approximate surface area is 115 Å². The van der Waals surface area contributed by atoms with Crippen molar-refractivity contribution in [1.29, 1.82) is 0 Å². The summed E-state index contributed by atoms with van der Waals surface area (Å²) in [6, 6.07) is 5.04. The number of rotatable bonds is 7. The van der Waals surface area contributed by atoms with Gasteiger partial charge >= 0.3 is 0 Å². The van der Waals surface area contributed by atoms with Gasteiger partial charge in [-0.05, 0) is 38.1 Å². The molecular formula is C13H22N2O3S. The SMILES string of the molecule is CNCc1cccc(S(=O)(=O)NC(C)COC)c1C. The monoisotopic (exact) mass is 286 g/mol. The lowest BCUT2D eigenvalue weighted by Gasteiger charge is -2.16. The van der Waals surface area contributed by atoms with E-state index in [-0.39, 0.29) is 6.04 Å². The van der Waals surface area contributed by atoms with E-state index in [1.54, 1.807) is 26.2 Å². The molecule has 0 aromatic heterocycles. The molecule has 0 heterocycles. The van der Waals surface area contributed by atoms with Gasteiger partial charge in [0.1, 0.15) is 0 Å². The summed E-state index contributed by atoms with van der Waals surface area (Å²) in [6.45, 7) is 4.58. The van der Waals surface area contributed by atoms with Gasteiger partial charge < -0.3 is 10.1 Å². The summed E-state index contributed by atoms with van der Waals surface area (Å²) >= 11 is 0. The van der Waals surface area contributed by atoms with Crippen LogP contribution < -0.4 is 10.0 Å². The summed E-state index contributed by atoms with van der Waals surface area (Å²) in [5.41, 5.74) is 1.75. The van der Waals surface area contributed by atoms with E-state index in [2.05, 4.69) is 10.0 Å². The molecule has 1 atom stereocenters. The van der Waals surface area contributed by atoms with Crippen LogP contribution in [-0.4, -0.2) is 35.2 Å². The van der Waals surface area contributed by atoms with Crippen molar-refractivity contribution in [2.45, 2.75) is 31.3 Å². The molecule has 0 spiro atoms. The van der Waals surface area contributed by atoms with Gasteiger partial charge in [0, 0.05) is 19.7 Å². The molecule has 0 saturated carbocycles. The summed E-state index contributed by atoms with van der Waals surface area (Å²) in [6.07, 6.45) is 0. The van der Waals surface area contributed by atoms with Crippen molar-refractivity contribution in [3.8, 4) is 0 Å². The van der Waals surface area contributed by atoms with Crippen molar-refractivity contribution in [2.75, 3.05) is 20.8 Å². The van der Waals surface area contributed by atoms with Crippen LogP contribution in [0.25, 0.3) is 0 Å². The molecule has 0 aliphatic heterocycles. The molecule has 2 N–H and O–H groups in total. The highest BCUT2D eigenvalue weighted by atomic mass is 32.2. The minimum atomic E-state index is -3.51. The molecule has 6 heteroatoms. The standard InChI is InChI=1S/C13H22N2O3S/c1-10(9-18-4)15-19(16,17)13-7-5-6-12(8-14-3)11(13)2/h5-7,10,14-15H,8-9H2,1-4H3. The third kappa shape index (κ3) is 4.28. The average molecular weight is 286 g/mol. The summed E-state index contributed by atoms with van der Waals surface area (Å²) in [5.74, 6) is 0. The van der Waals surface area contributed by atoms with Crippen LogP contribution in [-0.2, 0) is 21.3 Å². The van der Waals surface area contributed by atoms with Crippen LogP contribution in [0.15, 0.2) is 23.1 Å². The third-order valence-electron chi connectivity index (χ3n) is 2.83. The molecule has 0 aliphatic rings. The Morgan fingerprint density at radius 2 is 2.05 bits per heavy atom. The third-order valence-corrected chi connectivity index (χ3v) is 4.56. The zero-order chi connectivity index (χ0) is 14.5. The highest BCUT2D eigenvalue weighted by Gasteiger charge is 2.20. The zero-order valence-corrected chi connectivity index (χ0v) is 12.7. The smallest absolute Gasteiger partial charge is 0.241 e. The second-order valence-corrected chi connectivity index (χ2v) is 6.23. The Hall–Kier alpha value is -0.950. The molecule has 0 bridgehead atoms. The molecule has 1 rings (SSSR count). The molecule has 0 saturated heterocycles. The maximum atomic E-state index is 12.3. The van der Waals surface area contributed by atoms with E-state index < -0.39 is 10.0 Å². The number of nitrogens with one attached hydrogen (secondary N) is 2. The molecule has 1 aromatic rings. The van der Waals surface area contributed by atoms with Crippen molar-refractivity contribution >= 4 is 10.0 Å². The highest BCUT2D eigenvalue weighted by molar-refractivity contribution is 7.89. The van der Waals surface area contributed by atoms with E-state index >= 15 is 0 Å². The maximum Gasteiger partial charge on any atom is 0.241 e. The molecule has 0 fully saturated rings. The lowest BCUT2D eigenvalue weighted by molar-refractivity contribution is 0.180. The van der Waals surface area contributed by atoms with Crippen molar-refractivity contribution in [2.24, 2.45) is 0 Å². The normalized spacial score (nSPS) is 13.5. The van der Waals surface area contributed by atoms with E-state index in [4.69, 9.17) is 4.74 Å². The molecule has 0 radical (unpaired) electrons. The fraction of sp³-hybridized carbons (Fsp3) is 0.538. The number of hydrogen-bond acceptors (Lipinski definition) is 4. The van der Waals surface area contributed by atoms with Crippen molar-refractivity contribution in [3.63, 3.8) is 0 Å². The molecule has 19 heavy (non-hydrogen) atoms. The second-order valence-electron chi connectivity index (χ2n) is 4.55. The van der Waals surface area contributed by atoms with Gasteiger partial charge in [-0.15, -0.1) is 0 Å². The van der Waals surface area contributed by atoms with E-state index in [9.17, 15) is 8.42 Å². The van der Waals surface area contributed by atoms with Gasteiger partial charge in [-0.3, -0.25) is 0 Å². The molecule has 0 aliphatic carbocycles. The van der Waals surface area contributed by atoms with Gasteiger partial charge in [0.25, 0.3) is 0 Å². The molecule has 108 valence electrons. The van der Waals surface area contributed by atoms with E-state index in [1.807, 2.05) is 20.0 Å². The topological polar surface area (TPSA) is 67.4 Å². The predicted octanol–water partition coefficient (Wildman–Crippen LogP) is 1.03. The lowest BCUT2D eigenvalue weighted by atomic mass is 10.1. The highest BCUT2D eigenvalue weighted by Crippen LogP contribution is 2.19. The lowest BCUT2D eigenvalue weighted by Crippen LogP contribution is -2.36. The Morgan fingerprint density at radius 1 is 1.37 bits per heavy atom.